The summed E-state index contributed by atoms with van der Waals surface area (Å²) in [6.45, 7) is 3.57. The zero-order valence-corrected chi connectivity index (χ0v) is 10.7. The van der Waals surface area contributed by atoms with Crippen molar-refractivity contribution in [3.63, 3.8) is 0 Å². The highest BCUT2D eigenvalue weighted by Gasteiger charge is 2.02. The van der Waals surface area contributed by atoms with Gasteiger partial charge in [-0.3, -0.25) is 4.99 Å². The maximum absolute atomic E-state index is 5.84. The van der Waals surface area contributed by atoms with Crippen molar-refractivity contribution >= 4 is 39.4 Å². The van der Waals surface area contributed by atoms with E-state index in [0.29, 0.717) is 5.15 Å². The lowest BCUT2D eigenvalue weighted by Gasteiger charge is -1.87. The van der Waals surface area contributed by atoms with Crippen LogP contribution in [0.3, 0.4) is 0 Å². The maximum atomic E-state index is 5.84. The molecule has 0 aliphatic carbocycles. The van der Waals surface area contributed by atoms with E-state index in [9.17, 15) is 0 Å². The van der Waals surface area contributed by atoms with E-state index in [-0.39, 0.29) is 0 Å². The number of allylic oxidation sites excluding steroid dienone is 2. The minimum atomic E-state index is 0.536. The number of fused-ring (bicyclic) bond motifs is 1. The summed E-state index contributed by atoms with van der Waals surface area (Å²) in [7, 11) is 0. The number of rotatable bonds is 4. The average molecular weight is 263 g/mol. The largest absolute Gasteiger partial charge is 0.269 e. The monoisotopic (exact) mass is 262 g/mol. The van der Waals surface area contributed by atoms with Crippen molar-refractivity contribution in [2.24, 2.45) is 4.99 Å². The number of aromatic nitrogens is 1. The quantitative estimate of drug-likeness (QED) is 0.459. The molecule has 0 unspecified atom stereocenters. The first-order valence-corrected chi connectivity index (χ1v) is 6.33. The molecule has 4 heteroatoms. The smallest absolute Gasteiger partial charge is 0.130 e. The lowest BCUT2D eigenvalue weighted by molar-refractivity contribution is 1.43. The fourth-order valence-corrected chi connectivity index (χ4v) is 2.54. The zero-order valence-electron chi connectivity index (χ0n) is 9.14. The van der Waals surface area contributed by atoms with E-state index in [0.717, 1.165) is 16.6 Å². The van der Waals surface area contributed by atoms with Crippen LogP contribution in [-0.4, -0.2) is 11.2 Å². The lowest BCUT2D eigenvalue weighted by atomic mass is 10.3. The fourth-order valence-electron chi connectivity index (χ4n) is 1.36. The van der Waals surface area contributed by atoms with Gasteiger partial charge in [-0.1, -0.05) is 24.3 Å². The highest BCUT2D eigenvalue weighted by Crippen LogP contribution is 2.25. The van der Waals surface area contributed by atoms with Gasteiger partial charge in [-0.2, -0.15) is 0 Å². The minimum Gasteiger partial charge on any atom is -0.269 e. The lowest BCUT2D eigenvalue weighted by Crippen LogP contribution is -1.78. The number of pyridine rings is 1. The van der Waals surface area contributed by atoms with Gasteiger partial charge in [-0.05, 0) is 24.3 Å². The molecule has 0 aliphatic rings. The van der Waals surface area contributed by atoms with E-state index in [1.54, 1.807) is 35.8 Å². The van der Waals surface area contributed by atoms with Crippen molar-refractivity contribution in [2.45, 2.75) is 6.42 Å². The molecule has 2 aromatic heterocycles. The van der Waals surface area contributed by atoms with Gasteiger partial charge >= 0.3 is 0 Å². The van der Waals surface area contributed by atoms with Gasteiger partial charge in [0.1, 0.15) is 9.98 Å². The zero-order chi connectivity index (χ0) is 12.1. The van der Waals surface area contributed by atoms with Crippen molar-refractivity contribution in [1.29, 1.82) is 0 Å². The third kappa shape index (κ3) is 3.25. The molecule has 86 valence electrons. The molecule has 0 bridgehead atoms. The van der Waals surface area contributed by atoms with Gasteiger partial charge in [0.05, 0.1) is 0 Å². The maximum Gasteiger partial charge on any atom is 0.130 e. The summed E-state index contributed by atoms with van der Waals surface area (Å²) in [4.78, 5) is 10.6. The van der Waals surface area contributed by atoms with Gasteiger partial charge in [0.2, 0.25) is 0 Å². The summed E-state index contributed by atoms with van der Waals surface area (Å²) in [6, 6.07) is 5.91. The molecule has 17 heavy (non-hydrogen) atoms. The SMILES string of the molecule is C=C/C=C\N=C/Cc1cc2ccc(Cl)nc2s1. The van der Waals surface area contributed by atoms with Crippen LogP contribution in [0.15, 0.2) is 48.1 Å². The fraction of sp³-hybridized carbons (Fsp3) is 0.0769. The van der Waals surface area contributed by atoms with E-state index in [1.165, 1.54) is 4.88 Å². The highest BCUT2D eigenvalue weighted by molar-refractivity contribution is 7.18. The summed E-state index contributed by atoms with van der Waals surface area (Å²) in [5.41, 5.74) is 0. The van der Waals surface area contributed by atoms with Crippen LogP contribution in [0.2, 0.25) is 5.15 Å². The van der Waals surface area contributed by atoms with Gasteiger partial charge in [0, 0.05) is 29.1 Å². The van der Waals surface area contributed by atoms with Crippen LogP contribution in [0.25, 0.3) is 10.2 Å². The van der Waals surface area contributed by atoms with Crippen LogP contribution in [0.5, 0.6) is 0 Å². The number of hydrogen-bond donors (Lipinski definition) is 0. The molecule has 2 rings (SSSR count). The van der Waals surface area contributed by atoms with Crippen LogP contribution < -0.4 is 0 Å². The van der Waals surface area contributed by atoms with Gasteiger partial charge in [-0.15, -0.1) is 11.3 Å². The minimum absolute atomic E-state index is 0.536. The predicted molar refractivity (Wildman–Crippen MR) is 76.2 cm³/mol. The van der Waals surface area contributed by atoms with Crippen molar-refractivity contribution in [2.75, 3.05) is 0 Å². The Morgan fingerprint density at radius 2 is 2.35 bits per heavy atom. The van der Waals surface area contributed by atoms with Crippen molar-refractivity contribution < 1.29 is 0 Å². The van der Waals surface area contributed by atoms with E-state index < -0.39 is 0 Å². The van der Waals surface area contributed by atoms with E-state index in [2.05, 4.69) is 22.6 Å². The molecule has 0 saturated carbocycles. The van der Waals surface area contributed by atoms with Crippen LogP contribution in [0.4, 0.5) is 0 Å². The molecule has 2 heterocycles. The molecule has 0 aromatic carbocycles. The Morgan fingerprint density at radius 3 is 3.18 bits per heavy atom. The van der Waals surface area contributed by atoms with Crippen LogP contribution in [-0.2, 0) is 6.42 Å². The average Bonchev–Trinajstić information content (AvgIpc) is 2.70. The second kappa shape index (κ2) is 5.75. The second-order valence-corrected chi connectivity index (χ2v) is 4.86. The molecule has 0 aliphatic heterocycles. The Bertz CT molecular complexity index is 584. The number of hydrogen-bond acceptors (Lipinski definition) is 3. The third-order valence-corrected chi connectivity index (χ3v) is 3.38. The topological polar surface area (TPSA) is 25.2 Å². The van der Waals surface area contributed by atoms with E-state index in [1.807, 2.05) is 12.3 Å². The van der Waals surface area contributed by atoms with Gasteiger partial charge in [0.15, 0.2) is 0 Å². The van der Waals surface area contributed by atoms with Crippen molar-refractivity contribution in [3.8, 4) is 0 Å². The second-order valence-electron chi connectivity index (χ2n) is 3.35. The summed E-state index contributed by atoms with van der Waals surface area (Å²) >= 11 is 7.48. The predicted octanol–water partition coefficient (Wildman–Crippen LogP) is 4.26. The third-order valence-electron chi connectivity index (χ3n) is 2.11. The normalized spacial score (nSPS) is 11.8. The van der Waals surface area contributed by atoms with Crippen LogP contribution in [0, 0.1) is 0 Å². The Labute approximate surface area is 109 Å². The van der Waals surface area contributed by atoms with Crippen molar-refractivity contribution in [1.82, 2.24) is 4.98 Å². The Hall–Kier alpha value is -1.45. The molecule has 2 nitrogen and oxygen atoms in total. The standard InChI is InChI=1S/C13H11ClN2S/c1-2-3-7-15-8-6-11-9-10-4-5-12(14)16-13(10)17-11/h2-5,7-9H,1,6H2/b7-3-,15-8-. The molecule has 0 N–H and O–H groups in total. The molecule has 0 radical (unpaired) electrons. The summed E-state index contributed by atoms with van der Waals surface area (Å²) in [5, 5.41) is 1.66. The molecule has 0 atom stereocenters. The molecule has 0 amide bonds. The number of thiophene rings is 1. The van der Waals surface area contributed by atoms with Crippen LogP contribution in [0.1, 0.15) is 4.88 Å². The molecule has 2 aromatic rings. The van der Waals surface area contributed by atoms with Gasteiger partial charge in [-0.25, -0.2) is 4.98 Å². The summed E-state index contributed by atoms with van der Waals surface area (Å²) in [6.07, 6.45) is 7.88. The van der Waals surface area contributed by atoms with Crippen molar-refractivity contribution in [3.05, 3.63) is 53.2 Å². The molecule has 0 fully saturated rings. The number of halogens is 1. The van der Waals surface area contributed by atoms with E-state index in [4.69, 9.17) is 11.6 Å². The first-order valence-electron chi connectivity index (χ1n) is 5.14. The van der Waals surface area contributed by atoms with Crippen LogP contribution >= 0.6 is 22.9 Å². The molecule has 0 spiro atoms. The first-order chi connectivity index (χ1) is 8.29. The summed E-state index contributed by atoms with van der Waals surface area (Å²) < 4.78 is 0. The highest BCUT2D eigenvalue weighted by atomic mass is 35.5. The Morgan fingerprint density at radius 1 is 1.47 bits per heavy atom. The molecule has 0 saturated heterocycles. The molecular weight excluding hydrogens is 252 g/mol. The van der Waals surface area contributed by atoms with E-state index >= 15 is 0 Å². The Balaban J connectivity index is 2.11. The Kier molecular flexibility index (Phi) is 4.07. The van der Waals surface area contributed by atoms with Gasteiger partial charge in [0.25, 0.3) is 0 Å². The van der Waals surface area contributed by atoms with Gasteiger partial charge < -0.3 is 0 Å². The molecular formula is C13H11ClN2S. The number of nitrogens with zero attached hydrogens (tertiary/aromatic N) is 2. The first kappa shape index (κ1) is 12.0. The summed E-state index contributed by atoms with van der Waals surface area (Å²) in [5.74, 6) is 0. The number of aliphatic imine (C=N–C) groups is 1.